The molecule has 1 aliphatic rings. The van der Waals surface area contributed by atoms with Gasteiger partial charge in [-0.05, 0) is 49.7 Å². The predicted molar refractivity (Wildman–Crippen MR) is 111 cm³/mol. The van der Waals surface area contributed by atoms with Crippen molar-refractivity contribution < 1.29 is 27.1 Å². The van der Waals surface area contributed by atoms with Crippen molar-refractivity contribution in [3.05, 3.63) is 65.5 Å². The molecule has 1 heterocycles. The summed E-state index contributed by atoms with van der Waals surface area (Å²) < 4.78 is 45.8. The zero-order valence-corrected chi connectivity index (χ0v) is 18.0. The van der Waals surface area contributed by atoms with Crippen molar-refractivity contribution in [1.82, 2.24) is 15.2 Å². The molecule has 1 aliphatic heterocycles. The normalized spacial score (nSPS) is 19.6. The topological polar surface area (TPSA) is 105 Å². The highest BCUT2D eigenvalue weighted by Crippen LogP contribution is 2.22. The minimum absolute atomic E-state index is 0.0147. The lowest BCUT2D eigenvalue weighted by molar-refractivity contribution is -0.121. The number of nitrogens with zero attached hydrogens (tertiary/aromatic N) is 1. The Hall–Kier alpha value is -2.82. The van der Waals surface area contributed by atoms with Crippen LogP contribution in [0.15, 0.2) is 53.4 Å². The Morgan fingerprint density at radius 2 is 1.71 bits per heavy atom. The van der Waals surface area contributed by atoms with Crippen LogP contribution in [-0.4, -0.2) is 49.8 Å². The Morgan fingerprint density at radius 1 is 1.06 bits per heavy atom. The van der Waals surface area contributed by atoms with Gasteiger partial charge >= 0.3 is 0 Å². The van der Waals surface area contributed by atoms with E-state index in [0.717, 1.165) is 0 Å². The van der Waals surface area contributed by atoms with Crippen molar-refractivity contribution in [1.29, 1.82) is 0 Å². The minimum Gasteiger partial charge on any atom is -0.373 e. The van der Waals surface area contributed by atoms with E-state index in [1.54, 1.807) is 13.8 Å². The van der Waals surface area contributed by atoms with Gasteiger partial charge in [0.25, 0.3) is 5.91 Å². The summed E-state index contributed by atoms with van der Waals surface area (Å²) in [6.07, 6.45) is -0.523. The molecule has 0 spiro atoms. The lowest BCUT2D eigenvalue weighted by Gasteiger charge is -2.34. The quantitative estimate of drug-likeness (QED) is 0.675. The number of morpholine rings is 1. The van der Waals surface area contributed by atoms with E-state index >= 15 is 0 Å². The van der Waals surface area contributed by atoms with Crippen molar-refractivity contribution >= 4 is 21.8 Å². The van der Waals surface area contributed by atoms with Crippen LogP contribution in [0.3, 0.4) is 0 Å². The summed E-state index contributed by atoms with van der Waals surface area (Å²) in [4.78, 5) is 24.4. The highest BCUT2D eigenvalue weighted by atomic mass is 32.2. The number of hydrogen-bond donors (Lipinski definition) is 2. The summed E-state index contributed by atoms with van der Waals surface area (Å²) in [6.45, 7) is 4.05. The van der Waals surface area contributed by atoms with E-state index in [4.69, 9.17) is 4.74 Å². The van der Waals surface area contributed by atoms with Crippen LogP contribution in [0.25, 0.3) is 0 Å². The summed E-state index contributed by atoms with van der Waals surface area (Å²) in [5, 5.41) is 0. The van der Waals surface area contributed by atoms with Gasteiger partial charge in [-0.1, -0.05) is 18.2 Å². The second-order valence-corrected chi connectivity index (χ2v) is 9.35. The highest BCUT2D eigenvalue weighted by molar-refractivity contribution is 7.89. The Morgan fingerprint density at radius 3 is 2.35 bits per heavy atom. The summed E-state index contributed by atoms with van der Waals surface area (Å²) in [5.41, 5.74) is 5.19. The maximum Gasteiger partial charge on any atom is 0.269 e. The SMILES string of the molecule is CC1CN(S(=O)(=O)c2cccc(C(=O)NNC(=O)Cc3ccc(F)cc3)c2)CC(C)O1. The molecule has 2 aromatic carbocycles. The van der Waals surface area contributed by atoms with E-state index in [-0.39, 0.29) is 42.2 Å². The Bertz CT molecular complexity index is 1050. The summed E-state index contributed by atoms with van der Waals surface area (Å²) in [6, 6.07) is 11.0. The van der Waals surface area contributed by atoms with Gasteiger partial charge in [0.05, 0.1) is 23.5 Å². The number of hydrazine groups is 1. The highest BCUT2D eigenvalue weighted by Gasteiger charge is 2.32. The second-order valence-electron chi connectivity index (χ2n) is 7.41. The molecule has 3 rings (SSSR count). The third-order valence-electron chi connectivity index (χ3n) is 4.71. The molecule has 2 N–H and O–H groups in total. The van der Waals surface area contributed by atoms with E-state index in [2.05, 4.69) is 10.9 Å². The van der Waals surface area contributed by atoms with Crippen LogP contribution < -0.4 is 10.9 Å². The summed E-state index contributed by atoms with van der Waals surface area (Å²) >= 11 is 0. The smallest absolute Gasteiger partial charge is 0.269 e. The zero-order valence-electron chi connectivity index (χ0n) is 17.2. The first kappa shape index (κ1) is 22.9. The Kier molecular flexibility index (Phi) is 7.04. The fourth-order valence-electron chi connectivity index (χ4n) is 3.30. The monoisotopic (exact) mass is 449 g/mol. The molecule has 2 aromatic rings. The van der Waals surface area contributed by atoms with E-state index in [0.29, 0.717) is 5.56 Å². The molecular formula is C21H24FN3O5S. The van der Waals surface area contributed by atoms with Crippen molar-refractivity contribution in [2.45, 2.75) is 37.4 Å². The molecule has 0 aliphatic carbocycles. The molecular weight excluding hydrogens is 425 g/mol. The summed E-state index contributed by atoms with van der Waals surface area (Å²) in [5.74, 6) is -1.57. The van der Waals surface area contributed by atoms with Crippen LogP contribution in [0.5, 0.6) is 0 Å². The van der Waals surface area contributed by atoms with Gasteiger partial charge in [-0.2, -0.15) is 4.31 Å². The van der Waals surface area contributed by atoms with Crippen LogP contribution in [-0.2, 0) is 26.0 Å². The molecule has 2 atom stereocenters. The van der Waals surface area contributed by atoms with Crippen molar-refractivity contribution in [2.24, 2.45) is 0 Å². The molecule has 0 bridgehead atoms. The second kappa shape index (κ2) is 9.54. The van der Waals surface area contributed by atoms with Gasteiger partial charge in [0.1, 0.15) is 5.82 Å². The van der Waals surface area contributed by atoms with Crippen LogP contribution >= 0.6 is 0 Å². The lowest BCUT2D eigenvalue weighted by Crippen LogP contribution is -2.48. The maximum absolute atomic E-state index is 13.0. The number of hydrogen-bond acceptors (Lipinski definition) is 5. The van der Waals surface area contributed by atoms with E-state index in [1.807, 2.05) is 0 Å². The maximum atomic E-state index is 13.0. The zero-order chi connectivity index (χ0) is 22.6. The van der Waals surface area contributed by atoms with Crippen LogP contribution in [0.1, 0.15) is 29.8 Å². The minimum atomic E-state index is -3.80. The largest absolute Gasteiger partial charge is 0.373 e. The third kappa shape index (κ3) is 5.87. The predicted octanol–water partition coefficient (Wildman–Crippen LogP) is 1.63. The number of ether oxygens (including phenoxy) is 1. The van der Waals surface area contributed by atoms with Crippen LogP contribution in [0.2, 0.25) is 0 Å². The molecule has 0 aromatic heterocycles. The van der Waals surface area contributed by atoms with E-state index < -0.39 is 27.7 Å². The molecule has 31 heavy (non-hydrogen) atoms. The van der Waals surface area contributed by atoms with Gasteiger partial charge in [-0.3, -0.25) is 20.4 Å². The molecule has 1 fully saturated rings. The Balaban J connectivity index is 1.64. The standard InChI is InChI=1S/C21H24FN3O5S/c1-14-12-25(13-15(2)30-14)31(28,29)19-5-3-4-17(11-19)21(27)24-23-20(26)10-16-6-8-18(22)9-7-16/h3-9,11,14-15H,10,12-13H2,1-2H3,(H,23,26)(H,24,27). The molecule has 10 heteroatoms. The first-order chi connectivity index (χ1) is 14.6. The number of rotatable bonds is 5. The van der Waals surface area contributed by atoms with E-state index in [1.165, 1.54) is 52.8 Å². The first-order valence-corrected chi connectivity index (χ1v) is 11.2. The van der Waals surface area contributed by atoms with Crippen LogP contribution in [0.4, 0.5) is 4.39 Å². The average Bonchev–Trinajstić information content (AvgIpc) is 2.73. The Labute approximate surface area is 180 Å². The van der Waals surface area contributed by atoms with Gasteiger partial charge in [-0.25, -0.2) is 12.8 Å². The number of halogens is 1. The van der Waals surface area contributed by atoms with Gasteiger partial charge in [-0.15, -0.1) is 0 Å². The van der Waals surface area contributed by atoms with Crippen molar-refractivity contribution in [3.63, 3.8) is 0 Å². The third-order valence-corrected chi connectivity index (χ3v) is 6.54. The number of sulfonamides is 1. The number of amides is 2. The van der Waals surface area contributed by atoms with Gasteiger partial charge < -0.3 is 4.74 Å². The molecule has 8 nitrogen and oxygen atoms in total. The fraction of sp³-hybridized carbons (Fsp3) is 0.333. The number of benzene rings is 2. The summed E-state index contributed by atoms with van der Waals surface area (Å²) in [7, 11) is -3.80. The number of nitrogens with one attached hydrogen (secondary N) is 2. The average molecular weight is 450 g/mol. The number of carbonyl (C=O) groups excluding carboxylic acids is 2. The first-order valence-electron chi connectivity index (χ1n) is 9.74. The molecule has 166 valence electrons. The lowest BCUT2D eigenvalue weighted by atomic mass is 10.1. The van der Waals surface area contributed by atoms with Crippen molar-refractivity contribution in [2.75, 3.05) is 13.1 Å². The number of carbonyl (C=O) groups is 2. The molecule has 1 saturated heterocycles. The molecule has 0 radical (unpaired) electrons. The fourth-order valence-corrected chi connectivity index (χ4v) is 4.94. The molecule has 0 saturated carbocycles. The van der Waals surface area contributed by atoms with Gasteiger partial charge in [0.15, 0.2) is 0 Å². The van der Waals surface area contributed by atoms with Gasteiger partial charge in [0.2, 0.25) is 15.9 Å². The van der Waals surface area contributed by atoms with E-state index in [9.17, 15) is 22.4 Å². The molecule has 2 unspecified atom stereocenters. The van der Waals surface area contributed by atoms with Crippen LogP contribution in [0, 0.1) is 5.82 Å². The van der Waals surface area contributed by atoms with Gasteiger partial charge in [0, 0.05) is 18.7 Å². The molecule has 2 amide bonds. The van der Waals surface area contributed by atoms with Crippen molar-refractivity contribution in [3.8, 4) is 0 Å².